The molecule has 1 amide bonds. The summed E-state index contributed by atoms with van der Waals surface area (Å²) in [5.41, 5.74) is 2.49. The summed E-state index contributed by atoms with van der Waals surface area (Å²) in [6.45, 7) is 0. The van der Waals surface area contributed by atoms with Gasteiger partial charge in [-0.2, -0.15) is 0 Å². The fourth-order valence-electron chi connectivity index (χ4n) is 2.62. The molecule has 0 atom stereocenters. The molecule has 27 heavy (non-hydrogen) atoms. The lowest BCUT2D eigenvalue weighted by Crippen LogP contribution is -2.14. The minimum Gasteiger partial charge on any atom is -0.493 e. The fourth-order valence-corrected chi connectivity index (χ4v) is 3.66. The van der Waals surface area contributed by atoms with Gasteiger partial charge in [-0.1, -0.05) is 23.7 Å². The van der Waals surface area contributed by atoms with Crippen molar-refractivity contribution in [2.24, 2.45) is 0 Å². The number of benzene rings is 2. The lowest BCUT2D eigenvalue weighted by atomic mass is 10.2. The maximum absolute atomic E-state index is 12.3. The molecule has 1 N–H and O–H groups in total. The average molecular weight is 403 g/mol. The molecule has 0 spiro atoms. The van der Waals surface area contributed by atoms with Crippen molar-refractivity contribution >= 4 is 34.5 Å². The topological polar surface area (TPSA) is 60.5 Å². The highest BCUT2D eigenvalue weighted by atomic mass is 35.5. The van der Waals surface area contributed by atoms with Crippen LogP contribution in [0.3, 0.4) is 0 Å². The summed E-state index contributed by atoms with van der Waals surface area (Å²) in [5, 5.41) is 6.42. The van der Waals surface area contributed by atoms with Crippen molar-refractivity contribution in [2.45, 2.75) is 12.8 Å². The molecule has 3 aromatic rings. The SMILES string of the molecule is COc1ccc(NC(=O)Cc2csc(Cc3cccc(Cl)c3)n2)cc1OC. The van der Waals surface area contributed by atoms with Crippen LogP contribution in [0.4, 0.5) is 5.69 Å². The van der Waals surface area contributed by atoms with Gasteiger partial charge in [0.05, 0.1) is 31.3 Å². The third kappa shape index (κ3) is 5.21. The van der Waals surface area contributed by atoms with Gasteiger partial charge in [0, 0.05) is 28.6 Å². The van der Waals surface area contributed by atoms with Crippen LogP contribution in [0.25, 0.3) is 0 Å². The maximum Gasteiger partial charge on any atom is 0.230 e. The number of thiazole rings is 1. The first-order chi connectivity index (χ1) is 13.1. The number of anilines is 1. The van der Waals surface area contributed by atoms with Crippen molar-refractivity contribution in [3.8, 4) is 11.5 Å². The second-order valence-electron chi connectivity index (χ2n) is 5.83. The Kier molecular flexibility index (Phi) is 6.32. The van der Waals surface area contributed by atoms with Crippen molar-refractivity contribution < 1.29 is 14.3 Å². The largest absolute Gasteiger partial charge is 0.493 e. The molecule has 0 aliphatic heterocycles. The molecular weight excluding hydrogens is 384 g/mol. The molecule has 0 aliphatic rings. The van der Waals surface area contributed by atoms with Crippen LogP contribution in [0, 0.1) is 0 Å². The average Bonchev–Trinajstić information content (AvgIpc) is 3.08. The van der Waals surface area contributed by atoms with Crippen LogP contribution >= 0.6 is 22.9 Å². The lowest BCUT2D eigenvalue weighted by molar-refractivity contribution is -0.115. The van der Waals surface area contributed by atoms with Gasteiger partial charge in [-0.15, -0.1) is 11.3 Å². The third-order valence-corrected chi connectivity index (χ3v) is 4.99. The zero-order chi connectivity index (χ0) is 19.2. The zero-order valence-electron chi connectivity index (χ0n) is 15.0. The van der Waals surface area contributed by atoms with E-state index >= 15 is 0 Å². The Morgan fingerprint density at radius 3 is 2.70 bits per heavy atom. The number of aromatic nitrogens is 1. The summed E-state index contributed by atoms with van der Waals surface area (Å²) in [5.74, 6) is 1.04. The number of nitrogens with one attached hydrogen (secondary N) is 1. The maximum atomic E-state index is 12.3. The summed E-state index contributed by atoms with van der Waals surface area (Å²) >= 11 is 7.55. The number of ether oxygens (including phenoxy) is 2. The number of methoxy groups -OCH3 is 2. The Labute approximate surface area is 166 Å². The molecule has 7 heteroatoms. The molecule has 0 fully saturated rings. The van der Waals surface area contributed by atoms with Crippen LogP contribution in [0.1, 0.15) is 16.3 Å². The molecule has 0 saturated carbocycles. The van der Waals surface area contributed by atoms with E-state index in [1.807, 2.05) is 29.6 Å². The van der Waals surface area contributed by atoms with E-state index in [-0.39, 0.29) is 12.3 Å². The molecular formula is C20H19ClN2O3S. The minimum absolute atomic E-state index is 0.137. The minimum atomic E-state index is -0.137. The number of hydrogen-bond donors (Lipinski definition) is 1. The number of carbonyl (C=O) groups excluding carboxylic acids is 1. The van der Waals surface area contributed by atoms with Gasteiger partial charge < -0.3 is 14.8 Å². The predicted octanol–water partition coefficient (Wildman–Crippen LogP) is 4.59. The molecule has 1 aromatic heterocycles. The van der Waals surface area contributed by atoms with E-state index in [1.54, 1.807) is 32.4 Å². The van der Waals surface area contributed by atoms with Crippen molar-refractivity contribution in [1.29, 1.82) is 0 Å². The summed E-state index contributed by atoms with van der Waals surface area (Å²) in [7, 11) is 3.12. The van der Waals surface area contributed by atoms with Gasteiger partial charge >= 0.3 is 0 Å². The molecule has 1 heterocycles. The number of nitrogens with zero attached hydrogens (tertiary/aromatic N) is 1. The number of halogens is 1. The zero-order valence-corrected chi connectivity index (χ0v) is 16.6. The Bertz CT molecular complexity index is 942. The molecule has 0 aliphatic carbocycles. The van der Waals surface area contributed by atoms with Crippen LogP contribution < -0.4 is 14.8 Å². The second kappa shape index (κ2) is 8.88. The van der Waals surface area contributed by atoms with Crippen LogP contribution in [-0.2, 0) is 17.6 Å². The quantitative estimate of drug-likeness (QED) is 0.628. The van der Waals surface area contributed by atoms with Gasteiger partial charge in [-0.25, -0.2) is 4.98 Å². The first-order valence-corrected chi connectivity index (χ1v) is 9.52. The van der Waals surface area contributed by atoms with E-state index in [9.17, 15) is 4.79 Å². The van der Waals surface area contributed by atoms with Crippen molar-refractivity contribution in [2.75, 3.05) is 19.5 Å². The van der Waals surface area contributed by atoms with Gasteiger partial charge in [-0.05, 0) is 29.8 Å². The summed E-state index contributed by atoms with van der Waals surface area (Å²) in [4.78, 5) is 16.9. The van der Waals surface area contributed by atoms with Gasteiger partial charge in [0.25, 0.3) is 0 Å². The van der Waals surface area contributed by atoms with Gasteiger partial charge in [0.1, 0.15) is 0 Å². The smallest absolute Gasteiger partial charge is 0.230 e. The number of amides is 1. The molecule has 0 bridgehead atoms. The van der Waals surface area contributed by atoms with E-state index in [2.05, 4.69) is 10.3 Å². The Morgan fingerprint density at radius 1 is 1.15 bits per heavy atom. The van der Waals surface area contributed by atoms with Crippen molar-refractivity contribution in [3.63, 3.8) is 0 Å². The molecule has 140 valence electrons. The molecule has 2 aromatic carbocycles. The Balaban J connectivity index is 1.61. The number of carbonyl (C=O) groups is 1. The summed E-state index contributed by atoms with van der Waals surface area (Å²) < 4.78 is 10.4. The Morgan fingerprint density at radius 2 is 1.96 bits per heavy atom. The summed E-state index contributed by atoms with van der Waals surface area (Å²) in [6, 6.07) is 12.9. The fraction of sp³-hybridized carbons (Fsp3) is 0.200. The molecule has 5 nitrogen and oxygen atoms in total. The van der Waals surface area contributed by atoms with Gasteiger partial charge in [-0.3, -0.25) is 4.79 Å². The molecule has 0 radical (unpaired) electrons. The van der Waals surface area contributed by atoms with E-state index in [1.165, 1.54) is 11.3 Å². The Hall–Kier alpha value is -2.57. The van der Waals surface area contributed by atoms with Crippen molar-refractivity contribution in [3.05, 3.63) is 69.1 Å². The first kappa shape index (κ1) is 19.2. The standard InChI is InChI=1S/C20H19ClN2O3S/c1-25-17-7-6-15(10-18(17)26-2)22-19(24)11-16-12-27-20(23-16)9-13-4-3-5-14(21)8-13/h3-8,10,12H,9,11H2,1-2H3,(H,22,24). The predicted molar refractivity (Wildman–Crippen MR) is 108 cm³/mol. The van der Waals surface area contributed by atoms with E-state index in [0.717, 1.165) is 16.3 Å². The normalized spacial score (nSPS) is 10.5. The summed E-state index contributed by atoms with van der Waals surface area (Å²) in [6.07, 6.45) is 0.906. The first-order valence-electron chi connectivity index (χ1n) is 8.27. The lowest BCUT2D eigenvalue weighted by Gasteiger charge is -2.10. The number of hydrogen-bond acceptors (Lipinski definition) is 5. The van der Waals surface area contributed by atoms with Gasteiger partial charge in [0.15, 0.2) is 11.5 Å². The monoisotopic (exact) mass is 402 g/mol. The molecule has 0 saturated heterocycles. The highest BCUT2D eigenvalue weighted by Crippen LogP contribution is 2.29. The van der Waals surface area contributed by atoms with E-state index < -0.39 is 0 Å². The van der Waals surface area contributed by atoms with Crippen molar-refractivity contribution in [1.82, 2.24) is 4.98 Å². The van der Waals surface area contributed by atoms with Crippen LogP contribution in [0.2, 0.25) is 5.02 Å². The highest BCUT2D eigenvalue weighted by Gasteiger charge is 2.11. The molecule has 0 unspecified atom stereocenters. The molecule has 3 rings (SSSR count). The highest BCUT2D eigenvalue weighted by molar-refractivity contribution is 7.09. The third-order valence-electron chi connectivity index (χ3n) is 3.85. The second-order valence-corrected chi connectivity index (χ2v) is 7.21. The van der Waals surface area contributed by atoms with E-state index in [4.69, 9.17) is 21.1 Å². The van der Waals surface area contributed by atoms with Crippen LogP contribution in [-0.4, -0.2) is 25.1 Å². The van der Waals surface area contributed by atoms with Gasteiger partial charge in [0.2, 0.25) is 5.91 Å². The van der Waals surface area contributed by atoms with E-state index in [0.29, 0.717) is 28.6 Å². The number of rotatable bonds is 7. The van der Waals surface area contributed by atoms with Crippen LogP contribution in [0.5, 0.6) is 11.5 Å². The van der Waals surface area contributed by atoms with Crippen LogP contribution in [0.15, 0.2) is 47.8 Å².